The van der Waals surface area contributed by atoms with E-state index in [-0.39, 0.29) is 5.91 Å². The van der Waals surface area contributed by atoms with Crippen molar-refractivity contribution in [2.45, 2.75) is 34.1 Å². The summed E-state index contributed by atoms with van der Waals surface area (Å²) in [5.74, 6) is 1.26. The molecule has 2 rings (SSSR count). The molecule has 4 heteroatoms. The fraction of sp³-hybridized carbons (Fsp3) is 0.318. The minimum atomic E-state index is -0.164. The van der Waals surface area contributed by atoms with Crippen molar-refractivity contribution in [1.29, 1.82) is 0 Å². The summed E-state index contributed by atoms with van der Waals surface area (Å²) in [6, 6.07) is 11.5. The molecule has 0 aromatic heterocycles. The molecule has 0 heterocycles. The van der Waals surface area contributed by atoms with Crippen LogP contribution in [0, 0.1) is 13.8 Å². The average molecular weight is 353 g/mol. The lowest BCUT2D eigenvalue weighted by molar-refractivity contribution is -0.111. The fourth-order valence-corrected chi connectivity index (χ4v) is 2.46. The summed E-state index contributed by atoms with van der Waals surface area (Å²) < 4.78 is 11.3. The molecule has 0 saturated heterocycles. The molecule has 2 aromatic rings. The summed E-state index contributed by atoms with van der Waals surface area (Å²) in [4.78, 5) is 12.2. The van der Waals surface area contributed by atoms with Gasteiger partial charge in [0.15, 0.2) is 11.5 Å². The zero-order chi connectivity index (χ0) is 18.9. The number of benzene rings is 2. The average Bonchev–Trinajstić information content (AvgIpc) is 2.63. The van der Waals surface area contributed by atoms with Crippen LogP contribution >= 0.6 is 0 Å². The molecule has 0 aliphatic heterocycles. The van der Waals surface area contributed by atoms with Crippen molar-refractivity contribution in [2.24, 2.45) is 0 Å². The van der Waals surface area contributed by atoms with Crippen LogP contribution in [0.3, 0.4) is 0 Å². The predicted octanol–water partition coefficient (Wildman–Crippen LogP) is 5.14. The molecule has 0 unspecified atom stereocenters. The molecule has 4 nitrogen and oxygen atoms in total. The van der Waals surface area contributed by atoms with Crippen LogP contribution in [-0.2, 0) is 4.79 Å². The van der Waals surface area contributed by atoms with E-state index in [0.717, 1.165) is 34.5 Å². The van der Waals surface area contributed by atoms with Crippen molar-refractivity contribution in [1.82, 2.24) is 0 Å². The maximum absolute atomic E-state index is 12.2. The van der Waals surface area contributed by atoms with Gasteiger partial charge in [-0.3, -0.25) is 4.79 Å². The summed E-state index contributed by atoms with van der Waals surface area (Å²) in [5.41, 5.74) is 3.94. The topological polar surface area (TPSA) is 47.6 Å². The van der Waals surface area contributed by atoms with Crippen molar-refractivity contribution >= 4 is 17.7 Å². The van der Waals surface area contributed by atoms with Crippen LogP contribution in [0.15, 0.2) is 42.5 Å². The van der Waals surface area contributed by atoms with Gasteiger partial charge < -0.3 is 14.8 Å². The number of hydrogen-bond donors (Lipinski definition) is 1. The number of hydrogen-bond acceptors (Lipinski definition) is 3. The lowest BCUT2D eigenvalue weighted by Crippen LogP contribution is -2.09. The van der Waals surface area contributed by atoms with Gasteiger partial charge in [0.05, 0.1) is 13.2 Å². The highest BCUT2D eigenvalue weighted by molar-refractivity contribution is 6.02. The van der Waals surface area contributed by atoms with Crippen molar-refractivity contribution < 1.29 is 14.3 Å². The van der Waals surface area contributed by atoms with Gasteiger partial charge in [0.2, 0.25) is 5.91 Å². The van der Waals surface area contributed by atoms with Gasteiger partial charge in [0.1, 0.15) is 0 Å². The summed E-state index contributed by atoms with van der Waals surface area (Å²) >= 11 is 0. The third-order valence-electron chi connectivity index (χ3n) is 4.02. The van der Waals surface area contributed by atoms with Crippen LogP contribution in [0.2, 0.25) is 0 Å². The van der Waals surface area contributed by atoms with Crippen LogP contribution in [0.4, 0.5) is 5.69 Å². The van der Waals surface area contributed by atoms with E-state index in [4.69, 9.17) is 9.47 Å². The van der Waals surface area contributed by atoms with Crippen molar-refractivity contribution in [3.63, 3.8) is 0 Å². The third kappa shape index (κ3) is 5.38. The highest BCUT2D eigenvalue weighted by atomic mass is 16.5. The first kappa shape index (κ1) is 19.6. The predicted molar refractivity (Wildman–Crippen MR) is 107 cm³/mol. The molecule has 0 spiro atoms. The van der Waals surface area contributed by atoms with E-state index < -0.39 is 0 Å². The standard InChI is InChI=1S/C22H27NO3/c1-5-14-26-20-12-10-18(15-21(20)25-6-2)11-13-22(24)23-19-9-7-8-16(3)17(19)4/h7-13,15H,5-6,14H2,1-4H3,(H,23,24)/b13-11+. The zero-order valence-electron chi connectivity index (χ0n) is 16.0. The minimum Gasteiger partial charge on any atom is -0.490 e. The molecule has 1 amide bonds. The maximum atomic E-state index is 12.2. The van der Waals surface area contributed by atoms with Crippen LogP contribution in [0.25, 0.3) is 6.08 Å². The molecule has 0 fully saturated rings. The molecule has 0 radical (unpaired) electrons. The van der Waals surface area contributed by atoms with Crippen LogP contribution in [0.1, 0.15) is 37.0 Å². The summed E-state index contributed by atoms with van der Waals surface area (Å²) in [7, 11) is 0. The smallest absolute Gasteiger partial charge is 0.248 e. The maximum Gasteiger partial charge on any atom is 0.248 e. The number of nitrogens with one attached hydrogen (secondary N) is 1. The van der Waals surface area contributed by atoms with Crippen molar-refractivity contribution in [3.05, 3.63) is 59.2 Å². The van der Waals surface area contributed by atoms with E-state index in [0.29, 0.717) is 19.0 Å². The normalized spacial score (nSPS) is 10.8. The van der Waals surface area contributed by atoms with Crippen LogP contribution in [0.5, 0.6) is 11.5 Å². The third-order valence-corrected chi connectivity index (χ3v) is 4.02. The summed E-state index contributed by atoms with van der Waals surface area (Å²) in [6.07, 6.45) is 4.23. The van der Waals surface area contributed by atoms with Crippen LogP contribution < -0.4 is 14.8 Å². The number of carbonyl (C=O) groups excluding carboxylic acids is 1. The lowest BCUT2D eigenvalue weighted by atomic mass is 10.1. The molecule has 0 aliphatic rings. The quantitative estimate of drug-likeness (QED) is 0.668. The van der Waals surface area contributed by atoms with Gasteiger partial charge >= 0.3 is 0 Å². The molecule has 0 bridgehead atoms. The number of aryl methyl sites for hydroxylation is 1. The molecular formula is C22H27NO3. The van der Waals surface area contributed by atoms with E-state index in [9.17, 15) is 4.79 Å². The number of amides is 1. The largest absolute Gasteiger partial charge is 0.490 e. The van der Waals surface area contributed by atoms with Crippen molar-refractivity contribution in [2.75, 3.05) is 18.5 Å². The van der Waals surface area contributed by atoms with Gasteiger partial charge in [-0.2, -0.15) is 0 Å². The van der Waals surface area contributed by atoms with Gasteiger partial charge in [-0.1, -0.05) is 25.1 Å². The van der Waals surface area contributed by atoms with E-state index in [1.165, 1.54) is 6.08 Å². The van der Waals surface area contributed by atoms with E-state index in [2.05, 4.69) is 12.2 Å². The second kappa shape index (κ2) is 9.66. The summed E-state index contributed by atoms with van der Waals surface area (Å²) in [6.45, 7) is 9.22. The number of ether oxygens (including phenoxy) is 2. The first-order valence-electron chi connectivity index (χ1n) is 9.00. The Morgan fingerprint density at radius 3 is 2.62 bits per heavy atom. The molecule has 2 aromatic carbocycles. The molecule has 0 atom stereocenters. The Balaban J connectivity index is 2.09. The molecule has 0 aliphatic carbocycles. The first-order chi connectivity index (χ1) is 12.5. The highest BCUT2D eigenvalue weighted by Crippen LogP contribution is 2.29. The molecular weight excluding hydrogens is 326 g/mol. The molecule has 138 valence electrons. The Morgan fingerprint density at radius 2 is 1.88 bits per heavy atom. The Morgan fingerprint density at radius 1 is 1.08 bits per heavy atom. The fourth-order valence-electron chi connectivity index (χ4n) is 2.46. The van der Waals surface area contributed by atoms with Gasteiger partial charge in [0.25, 0.3) is 0 Å². The highest BCUT2D eigenvalue weighted by Gasteiger charge is 2.06. The lowest BCUT2D eigenvalue weighted by Gasteiger charge is -2.12. The monoisotopic (exact) mass is 353 g/mol. The first-order valence-corrected chi connectivity index (χ1v) is 9.00. The Bertz CT molecular complexity index is 781. The van der Waals surface area contributed by atoms with E-state index in [1.54, 1.807) is 6.08 Å². The van der Waals surface area contributed by atoms with Gasteiger partial charge in [-0.15, -0.1) is 0 Å². The zero-order valence-corrected chi connectivity index (χ0v) is 16.0. The van der Waals surface area contributed by atoms with Crippen LogP contribution in [-0.4, -0.2) is 19.1 Å². The van der Waals surface area contributed by atoms with Gasteiger partial charge in [-0.05, 0) is 68.2 Å². The SMILES string of the molecule is CCCOc1ccc(/C=C/C(=O)Nc2cccc(C)c2C)cc1OCC. The number of carbonyl (C=O) groups is 1. The second-order valence-corrected chi connectivity index (χ2v) is 6.06. The van der Waals surface area contributed by atoms with Gasteiger partial charge in [-0.25, -0.2) is 0 Å². The van der Waals surface area contributed by atoms with Gasteiger partial charge in [0, 0.05) is 11.8 Å². The van der Waals surface area contributed by atoms with E-state index in [1.807, 2.05) is 57.2 Å². The number of rotatable bonds is 8. The molecule has 1 N–H and O–H groups in total. The minimum absolute atomic E-state index is 0.164. The number of anilines is 1. The van der Waals surface area contributed by atoms with Crippen molar-refractivity contribution in [3.8, 4) is 11.5 Å². The van der Waals surface area contributed by atoms with E-state index >= 15 is 0 Å². The Labute approximate surface area is 155 Å². The Hall–Kier alpha value is -2.75. The Kier molecular flexibility index (Phi) is 7.27. The second-order valence-electron chi connectivity index (χ2n) is 6.06. The summed E-state index contributed by atoms with van der Waals surface area (Å²) in [5, 5.41) is 2.92. The molecule has 0 saturated carbocycles. The molecule has 26 heavy (non-hydrogen) atoms.